The largest absolute Gasteiger partial charge is 0.391 e. The van der Waals surface area contributed by atoms with Crippen molar-refractivity contribution in [1.82, 2.24) is 0 Å². The second-order valence-electron chi connectivity index (χ2n) is 4.82. The highest BCUT2D eigenvalue weighted by Crippen LogP contribution is 2.01. The van der Waals surface area contributed by atoms with Crippen molar-refractivity contribution in [3.8, 4) is 0 Å². The lowest BCUT2D eigenvalue weighted by Gasteiger charge is -2.17. The summed E-state index contributed by atoms with van der Waals surface area (Å²) < 4.78 is 16.3. The van der Waals surface area contributed by atoms with E-state index < -0.39 is 6.10 Å². The van der Waals surface area contributed by atoms with E-state index >= 15 is 0 Å². The molecular formula is C14H31NO5. The molecule has 4 N–H and O–H groups in total. The lowest BCUT2D eigenvalue weighted by atomic mass is 10.3. The highest BCUT2D eigenvalue weighted by atomic mass is 16.5. The van der Waals surface area contributed by atoms with Crippen molar-refractivity contribution in [1.29, 1.82) is 0 Å². The van der Waals surface area contributed by atoms with Gasteiger partial charge in [-0.2, -0.15) is 0 Å². The molecule has 3 unspecified atom stereocenters. The molecule has 0 aliphatic rings. The number of nitrogens with two attached hydrogens (primary N) is 1. The quantitative estimate of drug-likeness (QED) is 0.399. The van der Waals surface area contributed by atoms with E-state index in [1.54, 1.807) is 0 Å². The van der Waals surface area contributed by atoms with Crippen LogP contribution in [0.25, 0.3) is 0 Å². The van der Waals surface area contributed by atoms with Crippen molar-refractivity contribution in [2.24, 2.45) is 5.73 Å². The average Bonchev–Trinajstić information content (AvgIpc) is 2.47. The zero-order chi connectivity index (χ0) is 15.2. The molecule has 122 valence electrons. The molecule has 0 aromatic heterocycles. The minimum Gasteiger partial charge on any atom is -0.391 e. The summed E-state index contributed by atoms with van der Waals surface area (Å²) in [5, 5.41) is 18.6. The van der Waals surface area contributed by atoms with Gasteiger partial charge in [0.25, 0.3) is 0 Å². The van der Waals surface area contributed by atoms with Gasteiger partial charge in [0.2, 0.25) is 0 Å². The maximum atomic E-state index is 9.30. The number of aliphatic hydroxyl groups excluding tert-OH is 2. The van der Waals surface area contributed by atoms with Crippen molar-refractivity contribution in [2.75, 3.05) is 39.6 Å². The minimum atomic E-state index is -0.606. The summed E-state index contributed by atoms with van der Waals surface area (Å²) in [6, 6.07) is 0. The van der Waals surface area contributed by atoms with Gasteiger partial charge >= 0.3 is 0 Å². The molecule has 0 aromatic rings. The predicted octanol–water partition coefficient (Wildman–Crippen LogP) is 0.295. The zero-order valence-corrected chi connectivity index (χ0v) is 12.8. The van der Waals surface area contributed by atoms with Crippen LogP contribution in [0.5, 0.6) is 0 Å². The van der Waals surface area contributed by atoms with Crippen LogP contribution in [-0.2, 0) is 14.2 Å². The molecular weight excluding hydrogens is 262 g/mol. The third-order valence-electron chi connectivity index (χ3n) is 2.91. The van der Waals surface area contributed by atoms with Crippen LogP contribution in [0.3, 0.4) is 0 Å². The molecule has 0 radical (unpaired) electrons. The summed E-state index contributed by atoms with van der Waals surface area (Å²) in [6.45, 7) is 6.43. The molecule has 0 bridgehead atoms. The predicted molar refractivity (Wildman–Crippen MR) is 77.6 cm³/mol. The molecule has 0 fully saturated rings. The molecule has 20 heavy (non-hydrogen) atoms. The fourth-order valence-electron chi connectivity index (χ4n) is 1.44. The number of hydrogen-bond donors (Lipinski definition) is 3. The number of aliphatic hydroxyl groups is 2. The molecule has 0 rings (SSSR count). The molecule has 0 aromatic carbocycles. The number of rotatable bonds is 14. The normalized spacial score (nSPS) is 16.1. The standard InChI is InChI=1S/C14H31NO5/c1-3-12(16)9-18-6-5-7-20-14(4-2)11-19-10-13(17)8-15/h12-14,16-17H,3-11,15H2,1-2H3. The van der Waals surface area contributed by atoms with Gasteiger partial charge in [0, 0.05) is 19.8 Å². The van der Waals surface area contributed by atoms with E-state index in [1.807, 2.05) is 13.8 Å². The lowest BCUT2D eigenvalue weighted by Crippen LogP contribution is -2.28. The Kier molecular flexibility index (Phi) is 13.6. The molecule has 0 amide bonds. The molecule has 0 saturated heterocycles. The van der Waals surface area contributed by atoms with Gasteiger partial charge in [-0.25, -0.2) is 0 Å². The summed E-state index contributed by atoms with van der Waals surface area (Å²) in [5.41, 5.74) is 5.29. The molecule has 0 aliphatic carbocycles. The fourth-order valence-corrected chi connectivity index (χ4v) is 1.44. The first-order valence-corrected chi connectivity index (χ1v) is 7.47. The van der Waals surface area contributed by atoms with Gasteiger partial charge in [-0.05, 0) is 19.3 Å². The van der Waals surface area contributed by atoms with E-state index in [4.69, 9.17) is 19.9 Å². The van der Waals surface area contributed by atoms with Gasteiger partial charge in [0.05, 0.1) is 38.1 Å². The van der Waals surface area contributed by atoms with Crippen molar-refractivity contribution in [3.05, 3.63) is 0 Å². The summed E-state index contributed by atoms with van der Waals surface area (Å²) in [7, 11) is 0. The Morgan fingerprint density at radius 1 is 0.900 bits per heavy atom. The second-order valence-corrected chi connectivity index (χ2v) is 4.82. The third-order valence-corrected chi connectivity index (χ3v) is 2.91. The van der Waals surface area contributed by atoms with Crippen LogP contribution in [-0.4, -0.2) is 68.1 Å². The van der Waals surface area contributed by atoms with Crippen molar-refractivity contribution in [2.45, 2.75) is 51.4 Å². The van der Waals surface area contributed by atoms with Crippen molar-refractivity contribution >= 4 is 0 Å². The lowest BCUT2D eigenvalue weighted by molar-refractivity contribution is -0.0449. The molecule has 6 heteroatoms. The smallest absolute Gasteiger partial charge is 0.0895 e. The molecule has 0 heterocycles. The van der Waals surface area contributed by atoms with Crippen molar-refractivity contribution in [3.63, 3.8) is 0 Å². The second kappa shape index (κ2) is 13.7. The first kappa shape index (κ1) is 19.8. The van der Waals surface area contributed by atoms with Crippen LogP contribution in [0.15, 0.2) is 0 Å². The summed E-state index contributed by atoms with van der Waals surface area (Å²) in [5.74, 6) is 0. The highest BCUT2D eigenvalue weighted by molar-refractivity contribution is 4.57. The molecule has 3 atom stereocenters. The van der Waals surface area contributed by atoms with Gasteiger partial charge in [-0.3, -0.25) is 0 Å². The fraction of sp³-hybridized carbons (Fsp3) is 1.00. The van der Waals surface area contributed by atoms with E-state index in [-0.39, 0.29) is 25.4 Å². The summed E-state index contributed by atoms with van der Waals surface area (Å²) >= 11 is 0. The Balaban J connectivity index is 3.45. The van der Waals surface area contributed by atoms with Gasteiger partial charge < -0.3 is 30.2 Å². The van der Waals surface area contributed by atoms with E-state index in [2.05, 4.69) is 0 Å². The molecule has 0 spiro atoms. The molecule has 0 saturated carbocycles. The van der Waals surface area contributed by atoms with Gasteiger partial charge in [-0.15, -0.1) is 0 Å². The summed E-state index contributed by atoms with van der Waals surface area (Å²) in [6.07, 6.45) is 1.40. The van der Waals surface area contributed by atoms with Crippen LogP contribution in [0.2, 0.25) is 0 Å². The maximum Gasteiger partial charge on any atom is 0.0895 e. The Bertz CT molecular complexity index is 206. The van der Waals surface area contributed by atoms with Crippen LogP contribution in [0.4, 0.5) is 0 Å². The first-order valence-electron chi connectivity index (χ1n) is 7.47. The highest BCUT2D eigenvalue weighted by Gasteiger charge is 2.08. The Morgan fingerprint density at radius 3 is 2.20 bits per heavy atom. The topological polar surface area (TPSA) is 94.2 Å². The van der Waals surface area contributed by atoms with Crippen LogP contribution in [0.1, 0.15) is 33.1 Å². The van der Waals surface area contributed by atoms with Crippen molar-refractivity contribution < 1.29 is 24.4 Å². The van der Waals surface area contributed by atoms with Crippen LogP contribution >= 0.6 is 0 Å². The SMILES string of the molecule is CCC(O)COCCCOC(CC)COCC(O)CN. The van der Waals surface area contributed by atoms with E-state index in [9.17, 15) is 10.2 Å². The Labute approximate surface area is 122 Å². The van der Waals surface area contributed by atoms with Crippen LogP contribution < -0.4 is 5.73 Å². The Morgan fingerprint density at radius 2 is 1.60 bits per heavy atom. The third kappa shape index (κ3) is 11.6. The van der Waals surface area contributed by atoms with Gasteiger partial charge in [-0.1, -0.05) is 13.8 Å². The number of ether oxygens (including phenoxy) is 3. The van der Waals surface area contributed by atoms with E-state index in [0.29, 0.717) is 32.8 Å². The van der Waals surface area contributed by atoms with Gasteiger partial charge in [0.1, 0.15) is 0 Å². The minimum absolute atomic E-state index is 0.0289. The molecule has 6 nitrogen and oxygen atoms in total. The monoisotopic (exact) mass is 293 g/mol. The van der Waals surface area contributed by atoms with E-state index in [0.717, 1.165) is 12.8 Å². The van der Waals surface area contributed by atoms with Crippen LogP contribution in [0, 0.1) is 0 Å². The number of hydrogen-bond acceptors (Lipinski definition) is 6. The van der Waals surface area contributed by atoms with E-state index in [1.165, 1.54) is 0 Å². The first-order chi connectivity index (χ1) is 9.63. The van der Waals surface area contributed by atoms with Gasteiger partial charge in [0.15, 0.2) is 0 Å². The molecule has 0 aliphatic heterocycles. The zero-order valence-electron chi connectivity index (χ0n) is 12.8. The Hall–Kier alpha value is -0.240. The average molecular weight is 293 g/mol. The maximum absolute atomic E-state index is 9.30. The summed E-state index contributed by atoms with van der Waals surface area (Å²) in [4.78, 5) is 0.